The van der Waals surface area contributed by atoms with Gasteiger partial charge in [-0.2, -0.15) is 5.10 Å². The van der Waals surface area contributed by atoms with Crippen LogP contribution in [0.4, 0.5) is 0 Å². The van der Waals surface area contributed by atoms with Crippen molar-refractivity contribution in [2.24, 2.45) is 0 Å². The second-order valence-corrected chi connectivity index (χ2v) is 6.56. The molecule has 0 saturated carbocycles. The Kier molecular flexibility index (Phi) is 4.32. The van der Waals surface area contributed by atoms with Crippen LogP contribution in [-0.4, -0.2) is 39.8 Å². The minimum atomic E-state index is -0.282. The average Bonchev–Trinajstić information content (AvgIpc) is 3.22. The number of hydrogen-bond acceptors (Lipinski definition) is 4. The molecule has 1 aliphatic heterocycles. The van der Waals surface area contributed by atoms with Crippen molar-refractivity contribution in [3.05, 3.63) is 65.4 Å². The number of aromatic amines is 1. The molecule has 27 heavy (non-hydrogen) atoms. The molecule has 1 amide bonds. The summed E-state index contributed by atoms with van der Waals surface area (Å²) in [6.45, 7) is 2.67. The zero-order valence-corrected chi connectivity index (χ0v) is 15.3. The highest BCUT2D eigenvalue weighted by atomic mass is 16.5. The molecular weight excluding hydrogens is 342 g/mol. The fourth-order valence-corrected chi connectivity index (χ4v) is 3.71. The Hall–Kier alpha value is -3.28. The minimum Gasteiger partial charge on any atom is -0.507 e. The number of benzene rings is 2. The van der Waals surface area contributed by atoms with E-state index >= 15 is 0 Å². The molecule has 0 radical (unpaired) electrons. The fourth-order valence-electron chi connectivity index (χ4n) is 3.71. The van der Waals surface area contributed by atoms with Gasteiger partial charge in [-0.05, 0) is 36.2 Å². The molecule has 6 nitrogen and oxygen atoms in total. The predicted molar refractivity (Wildman–Crippen MR) is 102 cm³/mol. The average molecular weight is 363 g/mol. The molecule has 1 atom stereocenters. The van der Waals surface area contributed by atoms with E-state index in [1.54, 1.807) is 25.3 Å². The smallest absolute Gasteiger partial charge is 0.273 e. The van der Waals surface area contributed by atoms with Gasteiger partial charge in [-0.3, -0.25) is 9.89 Å². The van der Waals surface area contributed by atoms with Crippen molar-refractivity contribution in [3.8, 4) is 22.8 Å². The van der Waals surface area contributed by atoms with Gasteiger partial charge in [0, 0.05) is 17.7 Å². The standard InChI is InChI=1S/C21H21N3O3/c1-3-11-24-20(13-7-6-8-14(12-13)27-2)17-18(22-23-19(17)21(24)26)15-9-4-5-10-16(15)25/h4-10,12,20,25H,3,11H2,1-2H3,(H,22,23). The van der Waals surface area contributed by atoms with Gasteiger partial charge in [0.25, 0.3) is 5.91 Å². The number of aromatic nitrogens is 2. The van der Waals surface area contributed by atoms with Gasteiger partial charge in [-0.1, -0.05) is 31.2 Å². The topological polar surface area (TPSA) is 78.5 Å². The molecule has 1 aromatic heterocycles. The van der Waals surface area contributed by atoms with Gasteiger partial charge in [0.05, 0.1) is 13.2 Å². The summed E-state index contributed by atoms with van der Waals surface area (Å²) in [5.74, 6) is 0.795. The number of rotatable bonds is 5. The minimum absolute atomic E-state index is 0.0751. The number of ether oxygens (including phenoxy) is 1. The van der Waals surface area contributed by atoms with E-state index in [-0.39, 0.29) is 17.7 Å². The molecule has 2 N–H and O–H groups in total. The molecular formula is C21H21N3O3. The summed E-state index contributed by atoms with van der Waals surface area (Å²) >= 11 is 0. The predicted octanol–water partition coefficient (Wildman–Crippen LogP) is 3.75. The first-order chi connectivity index (χ1) is 13.2. The van der Waals surface area contributed by atoms with E-state index in [2.05, 4.69) is 10.2 Å². The Morgan fingerprint density at radius 2 is 2.04 bits per heavy atom. The number of phenols is 1. The summed E-state index contributed by atoms with van der Waals surface area (Å²) in [5.41, 5.74) is 3.43. The first-order valence-corrected chi connectivity index (χ1v) is 8.97. The van der Waals surface area contributed by atoms with Crippen molar-refractivity contribution >= 4 is 5.91 Å². The molecule has 3 aromatic rings. The molecule has 4 rings (SSSR count). The molecule has 0 saturated heterocycles. The number of amides is 1. The van der Waals surface area contributed by atoms with Crippen molar-refractivity contribution in [2.75, 3.05) is 13.7 Å². The number of H-pyrrole nitrogens is 1. The summed E-state index contributed by atoms with van der Waals surface area (Å²) < 4.78 is 5.37. The Labute approximate surface area is 157 Å². The molecule has 0 spiro atoms. The molecule has 1 unspecified atom stereocenters. The Morgan fingerprint density at radius 1 is 1.22 bits per heavy atom. The highest BCUT2D eigenvalue weighted by Gasteiger charge is 2.42. The number of carbonyl (C=O) groups excluding carboxylic acids is 1. The maximum Gasteiger partial charge on any atom is 0.273 e. The number of nitrogens with zero attached hydrogens (tertiary/aromatic N) is 2. The summed E-state index contributed by atoms with van der Waals surface area (Å²) in [4.78, 5) is 14.9. The lowest BCUT2D eigenvalue weighted by atomic mass is 9.95. The number of carbonyl (C=O) groups is 1. The zero-order valence-electron chi connectivity index (χ0n) is 15.3. The van der Waals surface area contributed by atoms with Crippen LogP contribution in [0, 0.1) is 0 Å². The number of aromatic hydroxyl groups is 1. The Bertz CT molecular complexity index is 996. The van der Waals surface area contributed by atoms with Crippen LogP contribution in [0.5, 0.6) is 11.5 Å². The number of nitrogens with one attached hydrogen (secondary N) is 1. The van der Waals surface area contributed by atoms with Gasteiger partial charge in [-0.25, -0.2) is 0 Å². The van der Waals surface area contributed by atoms with Crippen LogP contribution in [0.25, 0.3) is 11.3 Å². The number of hydrogen-bond donors (Lipinski definition) is 2. The SMILES string of the molecule is CCCN1C(=O)c2[nH]nc(-c3ccccc3O)c2C1c1cccc(OC)c1. The maximum absolute atomic E-state index is 13.0. The number of methoxy groups -OCH3 is 1. The highest BCUT2D eigenvalue weighted by Crippen LogP contribution is 2.44. The van der Waals surface area contributed by atoms with Crippen LogP contribution in [0.2, 0.25) is 0 Å². The van der Waals surface area contributed by atoms with E-state index in [0.29, 0.717) is 23.5 Å². The quantitative estimate of drug-likeness (QED) is 0.724. The lowest BCUT2D eigenvalue weighted by molar-refractivity contribution is 0.0744. The van der Waals surface area contributed by atoms with E-state index in [9.17, 15) is 9.90 Å². The lowest BCUT2D eigenvalue weighted by Crippen LogP contribution is -2.30. The maximum atomic E-state index is 13.0. The van der Waals surface area contributed by atoms with Crippen LogP contribution in [0.3, 0.4) is 0 Å². The number of para-hydroxylation sites is 1. The van der Waals surface area contributed by atoms with E-state index < -0.39 is 0 Å². The number of fused-ring (bicyclic) bond motifs is 1. The third kappa shape index (κ3) is 2.73. The van der Waals surface area contributed by atoms with E-state index in [0.717, 1.165) is 23.3 Å². The monoisotopic (exact) mass is 363 g/mol. The third-order valence-electron chi connectivity index (χ3n) is 4.90. The van der Waals surface area contributed by atoms with Crippen molar-refractivity contribution in [1.82, 2.24) is 15.1 Å². The van der Waals surface area contributed by atoms with Crippen LogP contribution in [0.1, 0.15) is 41.0 Å². The first-order valence-electron chi connectivity index (χ1n) is 8.97. The Balaban J connectivity index is 1.91. The van der Waals surface area contributed by atoms with Crippen molar-refractivity contribution < 1.29 is 14.6 Å². The Morgan fingerprint density at radius 3 is 2.78 bits per heavy atom. The molecule has 1 aliphatic rings. The second-order valence-electron chi connectivity index (χ2n) is 6.56. The first kappa shape index (κ1) is 17.1. The second kappa shape index (κ2) is 6.79. The van der Waals surface area contributed by atoms with Gasteiger partial charge < -0.3 is 14.7 Å². The third-order valence-corrected chi connectivity index (χ3v) is 4.90. The van der Waals surface area contributed by atoms with Gasteiger partial charge in [0.1, 0.15) is 22.9 Å². The molecule has 0 fully saturated rings. The van der Waals surface area contributed by atoms with E-state index in [1.165, 1.54) is 0 Å². The summed E-state index contributed by atoms with van der Waals surface area (Å²) in [6.07, 6.45) is 0.843. The summed E-state index contributed by atoms with van der Waals surface area (Å²) in [6, 6.07) is 14.5. The molecule has 0 bridgehead atoms. The molecule has 138 valence electrons. The summed E-state index contributed by atoms with van der Waals surface area (Å²) in [5, 5.41) is 17.6. The molecule has 2 heterocycles. The van der Waals surface area contributed by atoms with Crippen LogP contribution in [0.15, 0.2) is 48.5 Å². The summed E-state index contributed by atoms with van der Waals surface area (Å²) in [7, 11) is 1.62. The van der Waals surface area contributed by atoms with Crippen LogP contribution >= 0.6 is 0 Å². The van der Waals surface area contributed by atoms with Crippen molar-refractivity contribution in [1.29, 1.82) is 0 Å². The van der Waals surface area contributed by atoms with Crippen molar-refractivity contribution in [2.45, 2.75) is 19.4 Å². The molecule has 2 aromatic carbocycles. The lowest BCUT2D eigenvalue weighted by Gasteiger charge is -2.26. The van der Waals surface area contributed by atoms with E-state index in [1.807, 2.05) is 42.2 Å². The van der Waals surface area contributed by atoms with E-state index in [4.69, 9.17) is 4.74 Å². The fraction of sp³-hybridized carbons (Fsp3) is 0.238. The molecule has 6 heteroatoms. The van der Waals surface area contributed by atoms with Crippen LogP contribution in [-0.2, 0) is 0 Å². The normalized spacial score (nSPS) is 15.9. The highest BCUT2D eigenvalue weighted by molar-refractivity contribution is 6.00. The van der Waals surface area contributed by atoms with Gasteiger partial charge in [-0.15, -0.1) is 0 Å². The van der Waals surface area contributed by atoms with Gasteiger partial charge in [0.2, 0.25) is 0 Å². The van der Waals surface area contributed by atoms with Gasteiger partial charge in [0.15, 0.2) is 0 Å². The van der Waals surface area contributed by atoms with Crippen molar-refractivity contribution in [3.63, 3.8) is 0 Å². The molecule has 0 aliphatic carbocycles. The van der Waals surface area contributed by atoms with Gasteiger partial charge >= 0.3 is 0 Å². The van der Waals surface area contributed by atoms with Crippen LogP contribution < -0.4 is 4.74 Å². The largest absolute Gasteiger partial charge is 0.507 e. The number of phenolic OH excluding ortho intramolecular Hbond substituents is 1. The zero-order chi connectivity index (χ0) is 19.0.